The van der Waals surface area contributed by atoms with Gasteiger partial charge in [-0.3, -0.25) is 0 Å². The summed E-state index contributed by atoms with van der Waals surface area (Å²) in [5, 5.41) is 10.5. The van der Waals surface area contributed by atoms with E-state index in [1.807, 2.05) is 84.9 Å². The molecule has 1 aliphatic rings. The molecule has 3 aromatic carbocycles. The Morgan fingerprint density at radius 3 is 2.15 bits per heavy atom. The van der Waals surface area contributed by atoms with Crippen LogP contribution in [0, 0.1) is 11.8 Å². The fourth-order valence-corrected chi connectivity index (χ4v) is 5.98. The lowest BCUT2D eigenvalue weighted by Crippen LogP contribution is -2.47. The van der Waals surface area contributed by atoms with Crippen LogP contribution in [0.4, 0.5) is 10.2 Å². The Balaban J connectivity index is 1.40. The molecule has 3 N–H and O–H groups in total. The molecular weight excluding hydrogens is 521 g/mol. The van der Waals surface area contributed by atoms with E-state index in [-0.39, 0.29) is 24.9 Å². The monoisotopic (exact) mass is 551 g/mol. The van der Waals surface area contributed by atoms with Crippen LogP contribution in [-0.4, -0.2) is 44.9 Å². The van der Waals surface area contributed by atoms with Crippen LogP contribution in [0.2, 0.25) is 0 Å². The number of nitrogens with two attached hydrogens (primary N) is 1. The molecule has 1 saturated carbocycles. The second kappa shape index (κ2) is 11.1. The Hall–Kier alpha value is -4.60. The minimum Gasteiger partial charge on any atom is -0.497 e. The number of methoxy groups -OCH3 is 1. The Morgan fingerprint density at radius 1 is 0.927 bits per heavy atom. The van der Waals surface area contributed by atoms with Crippen molar-refractivity contribution in [2.24, 2.45) is 11.8 Å². The van der Waals surface area contributed by atoms with Crippen LogP contribution in [0.5, 0.6) is 5.75 Å². The number of fused-ring (bicyclic) bond motifs is 1. The van der Waals surface area contributed by atoms with E-state index < -0.39 is 17.6 Å². The van der Waals surface area contributed by atoms with Gasteiger partial charge in [0.05, 0.1) is 32.4 Å². The quantitative estimate of drug-likeness (QED) is 0.247. The number of nitrogens with zero attached hydrogens (tertiary/aromatic N) is 4. The Kier molecular flexibility index (Phi) is 7.21. The highest BCUT2D eigenvalue weighted by Gasteiger charge is 2.49. The van der Waals surface area contributed by atoms with Gasteiger partial charge in [-0.05, 0) is 34.4 Å². The first kappa shape index (κ1) is 26.6. The van der Waals surface area contributed by atoms with Crippen LogP contribution in [-0.2, 0) is 10.3 Å². The molecule has 1 aliphatic carbocycles. The third-order valence-electron chi connectivity index (χ3n) is 8.05. The maximum Gasteiger partial charge on any atom is 0.165 e. The van der Waals surface area contributed by atoms with Gasteiger partial charge in [-0.1, -0.05) is 72.8 Å². The molecule has 8 nitrogen and oxygen atoms in total. The number of anilines is 1. The molecule has 0 aliphatic heterocycles. The summed E-state index contributed by atoms with van der Waals surface area (Å²) in [5.74, 6) is 0.238. The zero-order valence-corrected chi connectivity index (χ0v) is 22.5. The topological polar surface area (TPSA) is 108 Å². The molecule has 5 aromatic rings. The molecule has 2 aromatic heterocycles. The van der Waals surface area contributed by atoms with Gasteiger partial charge >= 0.3 is 0 Å². The third-order valence-corrected chi connectivity index (χ3v) is 8.05. The largest absolute Gasteiger partial charge is 0.497 e. The number of aromatic nitrogens is 4. The minimum atomic E-state index is -1.01. The van der Waals surface area contributed by atoms with Crippen LogP contribution in [0.15, 0.2) is 109 Å². The van der Waals surface area contributed by atoms with Gasteiger partial charge in [-0.2, -0.15) is 0 Å². The van der Waals surface area contributed by atoms with Crippen LogP contribution in [0.3, 0.4) is 0 Å². The number of benzene rings is 3. The van der Waals surface area contributed by atoms with Crippen LogP contribution in [0.25, 0.3) is 11.2 Å². The van der Waals surface area contributed by atoms with Gasteiger partial charge in [-0.25, -0.2) is 19.3 Å². The summed E-state index contributed by atoms with van der Waals surface area (Å²) in [6.07, 6.45) is 3.53. The van der Waals surface area contributed by atoms with Crippen molar-refractivity contribution in [3.63, 3.8) is 0 Å². The van der Waals surface area contributed by atoms with Crippen molar-refractivity contribution in [2.75, 3.05) is 26.1 Å². The number of aliphatic hydroxyl groups is 1. The number of halogens is 1. The van der Waals surface area contributed by atoms with Crippen molar-refractivity contribution in [3.05, 3.63) is 126 Å². The van der Waals surface area contributed by atoms with E-state index in [1.165, 1.54) is 6.33 Å². The molecule has 41 heavy (non-hydrogen) atoms. The van der Waals surface area contributed by atoms with Crippen molar-refractivity contribution >= 4 is 17.0 Å². The Labute approximate surface area is 236 Å². The predicted octanol–water partition coefficient (Wildman–Crippen LogP) is 5.06. The molecular formula is C32H30FN5O3. The zero-order valence-electron chi connectivity index (χ0n) is 22.5. The van der Waals surface area contributed by atoms with Gasteiger partial charge in [0.25, 0.3) is 0 Å². The fraction of sp³-hybridized carbons (Fsp3) is 0.219. The molecule has 0 amide bonds. The van der Waals surface area contributed by atoms with E-state index in [0.717, 1.165) is 22.4 Å². The summed E-state index contributed by atoms with van der Waals surface area (Å²) >= 11 is 0. The second-order valence-corrected chi connectivity index (χ2v) is 10.0. The molecule has 9 heteroatoms. The molecule has 2 heterocycles. The van der Waals surface area contributed by atoms with Crippen LogP contribution >= 0.6 is 0 Å². The van der Waals surface area contributed by atoms with Gasteiger partial charge < -0.3 is 24.9 Å². The molecule has 3 atom stereocenters. The average Bonchev–Trinajstić information content (AvgIpc) is 3.45. The summed E-state index contributed by atoms with van der Waals surface area (Å²) in [5.41, 5.74) is 9.12. The van der Waals surface area contributed by atoms with E-state index in [0.29, 0.717) is 23.1 Å². The summed E-state index contributed by atoms with van der Waals surface area (Å²) in [4.78, 5) is 12.7. The van der Waals surface area contributed by atoms with E-state index in [2.05, 4.69) is 15.0 Å². The van der Waals surface area contributed by atoms with E-state index in [4.69, 9.17) is 15.2 Å². The van der Waals surface area contributed by atoms with Gasteiger partial charge in [0, 0.05) is 18.4 Å². The molecule has 208 valence electrons. The first-order chi connectivity index (χ1) is 20.1. The maximum absolute atomic E-state index is 14.6. The molecule has 0 spiro atoms. The van der Waals surface area contributed by atoms with Crippen LogP contribution in [0.1, 0.15) is 22.7 Å². The van der Waals surface area contributed by atoms with E-state index >= 15 is 0 Å². The number of imidazole rings is 1. The number of hydrogen-bond donors (Lipinski definition) is 2. The van der Waals surface area contributed by atoms with Gasteiger partial charge in [0.2, 0.25) is 0 Å². The molecule has 0 unspecified atom stereocenters. The van der Waals surface area contributed by atoms with Crippen molar-refractivity contribution in [2.45, 2.75) is 11.6 Å². The molecule has 0 bridgehead atoms. The van der Waals surface area contributed by atoms with Crippen molar-refractivity contribution in [1.29, 1.82) is 0 Å². The molecule has 1 fully saturated rings. The zero-order chi connectivity index (χ0) is 28.4. The highest BCUT2D eigenvalue weighted by molar-refractivity contribution is 5.81. The number of ether oxygens (including phenoxy) is 2. The highest BCUT2D eigenvalue weighted by Crippen LogP contribution is 2.51. The molecule has 0 radical (unpaired) electrons. The summed E-state index contributed by atoms with van der Waals surface area (Å²) in [7, 11) is 1.63. The standard InChI is InChI=1S/C32H30FN5O3/c1-40-24-14-12-23(13-15-24)32(21-8-4-2-5-9-21,22-10-6-3-7-11-22)41-18-27-25(16-33)29(26(27)17-39)38-20-37-28-30(34)35-19-36-31(28)38/h2-16,19-20,26-27,29,39H,17-18H2,1H3,(H2,34,35,36)/b25-16+/t26-,27+,29-/m0/s1. The number of nitrogen functional groups attached to an aromatic ring is 1. The second-order valence-electron chi connectivity index (χ2n) is 10.0. The summed E-state index contributed by atoms with van der Waals surface area (Å²) < 4.78 is 28.7. The van der Waals surface area contributed by atoms with E-state index in [9.17, 15) is 9.50 Å². The lowest BCUT2D eigenvalue weighted by atomic mass is 9.65. The Bertz CT molecular complexity index is 1620. The molecule has 6 rings (SSSR count). The van der Waals surface area contributed by atoms with Gasteiger partial charge in [0.1, 0.15) is 23.2 Å². The lowest BCUT2D eigenvalue weighted by molar-refractivity contribution is -0.0443. The van der Waals surface area contributed by atoms with Crippen LogP contribution < -0.4 is 10.5 Å². The number of rotatable bonds is 9. The first-order valence-corrected chi connectivity index (χ1v) is 13.4. The average molecular weight is 552 g/mol. The van der Waals surface area contributed by atoms with Gasteiger partial charge in [-0.15, -0.1) is 0 Å². The van der Waals surface area contributed by atoms with Crippen molar-refractivity contribution in [3.8, 4) is 5.75 Å². The molecule has 0 saturated heterocycles. The normalized spacial score (nSPS) is 19.8. The number of hydrogen-bond acceptors (Lipinski definition) is 7. The first-order valence-electron chi connectivity index (χ1n) is 13.4. The SMILES string of the molecule is COc1ccc(C(OC[C@@H]2/C(=C\F)[C@H](n3cnc4c(N)ncnc43)[C@H]2CO)(c2ccccc2)c2ccccc2)cc1. The fourth-order valence-electron chi connectivity index (χ4n) is 5.98. The van der Waals surface area contributed by atoms with E-state index in [1.54, 1.807) is 18.0 Å². The number of aliphatic hydroxyl groups excluding tert-OH is 1. The highest BCUT2D eigenvalue weighted by atomic mass is 19.1. The van der Waals surface area contributed by atoms with Gasteiger partial charge in [0.15, 0.2) is 11.5 Å². The lowest BCUT2D eigenvalue weighted by Gasteiger charge is -2.48. The summed E-state index contributed by atoms with van der Waals surface area (Å²) in [6.45, 7) is -0.0282. The van der Waals surface area contributed by atoms with Crippen molar-refractivity contribution in [1.82, 2.24) is 19.5 Å². The summed E-state index contributed by atoms with van der Waals surface area (Å²) in [6, 6.07) is 27.2. The third kappa shape index (κ3) is 4.43. The Morgan fingerprint density at radius 2 is 1.56 bits per heavy atom. The predicted molar refractivity (Wildman–Crippen MR) is 154 cm³/mol. The smallest absolute Gasteiger partial charge is 0.165 e. The maximum atomic E-state index is 14.6. The minimum absolute atomic E-state index is 0.150. The van der Waals surface area contributed by atoms with Crippen molar-refractivity contribution < 1.29 is 19.0 Å².